The van der Waals surface area contributed by atoms with Gasteiger partial charge in [-0.3, -0.25) is 4.79 Å². The number of nitrogens with zero attached hydrogens (tertiary/aromatic N) is 1. The van der Waals surface area contributed by atoms with E-state index >= 15 is 0 Å². The van der Waals surface area contributed by atoms with E-state index in [4.69, 9.17) is 10.5 Å². The van der Waals surface area contributed by atoms with Crippen molar-refractivity contribution in [1.29, 1.82) is 0 Å². The molecule has 4 nitrogen and oxygen atoms in total. The molecule has 2 N–H and O–H groups in total. The summed E-state index contributed by atoms with van der Waals surface area (Å²) in [6.07, 6.45) is 0.369. The molecule has 0 aliphatic heterocycles. The van der Waals surface area contributed by atoms with Crippen LogP contribution in [0.5, 0.6) is 5.75 Å². The lowest BCUT2D eigenvalue weighted by Gasteiger charge is -2.23. The van der Waals surface area contributed by atoms with Crippen molar-refractivity contribution in [2.75, 3.05) is 20.2 Å². The molecule has 1 atom stereocenters. The Morgan fingerprint density at radius 1 is 1.32 bits per heavy atom. The van der Waals surface area contributed by atoms with E-state index in [1.54, 1.807) is 11.9 Å². The van der Waals surface area contributed by atoms with Gasteiger partial charge in [0.25, 0.3) is 0 Å². The average Bonchev–Trinajstić information content (AvgIpc) is 2.35. The third-order valence-corrected chi connectivity index (χ3v) is 3.18. The number of aryl methyl sites for hydroxylation is 2. The van der Waals surface area contributed by atoms with Crippen LogP contribution in [0, 0.1) is 13.8 Å². The van der Waals surface area contributed by atoms with Crippen LogP contribution in [0.1, 0.15) is 24.5 Å². The number of likely N-dealkylation sites (N-methyl/N-ethyl adjacent to an activating group) is 1. The molecule has 0 aliphatic carbocycles. The lowest BCUT2D eigenvalue weighted by atomic mass is 10.1. The quantitative estimate of drug-likeness (QED) is 0.853. The zero-order valence-corrected chi connectivity index (χ0v) is 12.3. The SMILES string of the molecule is Cc1cc(C)cc(OCCC(=O)N(C)C(C)CN)c1. The number of rotatable bonds is 6. The van der Waals surface area contributed by atoms with E-state index < -0.39 is 0 Å². The summed E-state index contributed by atoms with van der Waals surface area (Å²) in [6, 6.07) is 6.11. The highest BCUT2D eigenvalue weighted by Crippen LogP contribution is 2.16. The van der Waals surface area contributed by atoms with E-state index in [9.17, 15) is 4.79 Å². The maximum atomic E-state index is 11.9. The van der Waals surface area contributed by atoms with Crippen LogP contribution in [0.15, 0.2) is 18.2 Å². The van der Waals surface area contributed by atoms with Crippen molar-refractivity contribution in [1.82, 2.24) is 4.90 Å². The highest BCUT2D eigenvalue weighted by atomic mass is 16.5. The van der Waals surface area contributed by atoms with Crippen LogP contribution in [-0.2, 0) is 4.79 Å². The highest BCUT2D eigenvalue weighted by Gasteiger charge is 2.14. The van der Waals surface area contributed by atoms with Crippen LogP contribution < -0.4 is 10.5 Å². The molecular weight excluding hydrogens is 240 g/mol. The maximum Gasteiger partial charge on any atom is 0.226 e. The lowest BCUT2D eigenvalue weighted by Crippen LogP contribution is -2.40. The Bertz CT molecular complexity index is 412. The predicted octanol–water partition coefficient (Wildman–Crippen LogP) is 1.88. The first-order valence-corrected chi connectivity index (χ1v) is 6.61. The summed E-state index contributed by atoms with van der Waals surface area (Å²) in [5.41, 5.74) is 7.86. The van der Waals surface area contributed by atoms with Crippen molar-refractivity contribution in [3.63, 3.8) is 0 Å². The average molecular weight is 264 g/mol. The van der Waals surface area contributed by atoms with E-state index in [2.05, 4.69) is 6.07 Å². The number of ether oxygens (including phenoxy) is 1. The zero-order valence-electron chi connectivity index (χ0n) is 12.3. The summed E-state index contributed by atoms with van der Waals surface area (Å²) in [4.78, 5) is 13.5. The molecule has 0 fully saturated rings. The molecule has 1 rings (SSSR count). The largest absolute Gasteiger partial charge is 0.493 e. The normalized spacial score (nSPS) is 12.1. The molecule has 0 spiro atoms. The Hall–Kier alpha value is -1.55. The first-order chi connectivity index (χ1) is 8.93. The van der Waals surface area contributed by atoms with Gasteiger partial charge in [-0.15, -0.1) is 0 Å². The van der Waals surface area contributed by atoms with Gasteiger partial charge in [0.1, 0.15) is 5.75 Å². The van der Waals surface area contributed by atoms with E-state index in [1.165, 1.54) is 0 Å². The van der Waals surface area contributed by atoms with Crippen molar-refractivity contribution in [2.45, 2.75) is 33.2 Å². The summed E-state index contributed by atoms with van der Waals surface area (Å²) in [5.74, 6) is 0.877. The molecule has 0 radical (unpaired) electrons. The molecule has 1 aromatic carbocycles. The highest BCUT2D eigenvalue weighted by molar-refractivity contribution is 5.76. The van der Waals surface area contributed by atoms with Crippen molar-refractivity contribution in [3.05, 3.63) is 29.3 Å². The molecule has 0 bridgehead atoms. The minimum Gasteiger partial charge on any atom is -0.493 e. The van der Waals surface area contributed by atoms with Crippen molar-refractivity contribution < 1.29 is 9.53 Å². The summed E-state index contributed by atoms with van der Waals surface area (Å²) in [6.45, 7) is 6.86. The molecule has 106 valence electrons. The van der Waals surface area contributed by atoms with Crippen LogP contribution in [0.4, 0.5) is 0 Å². The van der Waals surface area contributed by atoms with Gasteiger partial charge in [0, 0.05) is 19.6 Å². The van der Waals surface area contributed by atoms with Gasteiger partial charge in [-0.2, -0.15) is 0 Å². The minimum atomic E-state index is 0.0577. The standard InChI is InChI=1S/C15H24N2O2/c1-11-7-12(2)9-14(8-11)19-6-5-15(18)17(4)13(3)10-16/h7-9,13H,5-6,10,16H2,1-4H3. The fourth-order valence-electron chi connectivity index (χ4n) is 1.85. The van der Waals surface area contributed by atoms with Gasteiger partial charge in [0.2, 0.25) is 5.91 Å². The Labute approximate surface area is 115 Å². The Balaban J connectivity index is 2.43. The summed E-state index contributed by atoms with van der Waals surface area (Å²) in [5, 5.41) is 0. The van der Waals surface area contributed by atoms with Gasteiger partial charge in [-0.25, -0.2) is 0 Å². The number of carbonyl (C=O) groups excluding carboxylic acids is 1. The zero-order chi connectivity index (χ0) is 14.4. The fraction of sp³-hybridized carbons (Fsp3) is 0.533. The molecule has 19 heavy (non-hydrogen) atoms. The van der Waals surface area contributed by atoms with Gasteiger partial charge in [-0.1, -0.05) is 6.07 Å². The summed E-state index contributed by atoms with van der Waals surface area (Å²) < 4.78 is 5.62. The maximum absolute atomic E-state index is 11.9. The summed E-state index contributed by atoms with van der Waals surface area (Å²) >= 11 is 0. The third-order valence-electron chi connectivity index (χ3n) is 3.18. The molecule has 0 saturated carbocycles. The van der Waals surface area contributed by atoms with Crippen LogP contribution in [0.25, 0.3) is 0 Å². The smallest absolute Gasteiger partial charge is 0.226 e. The van der Waals surface area contributed by atoms with Crippen molar-refractivity contribution in [2.24, 2.45) is 5.73 Å². The van der Waals surface area contributed by atoms with Crippen LogP contribution >= 0.6 is 0 Å². The van der Waals surface area contributed by atoms with Crippen LogP contribution in [-0.4, -0.2) is 37.0 Å². The topological polar surface area (TPSA) is 55.6 Å². The second-order valence-corrected chi connectivity index (χ2v) is 5.01. The monoisotopic (exact) mass is 264 g/mol. The number of hydrogen-bond donors (Lipinski definition) is 1. The van der Waals surface area contributed by atoms with Gasteiger partial charge < -0.3 is 15.4 Å². The van der Waals surface area contributed by atoms with Crippen molar-refractivity contribution >= 4 is 5.91 Å². The summed E-state index contributed by atoms with van der Waals surface area (Å²) in [7, 11) is 1.77. The van der Waals surface area contributed by atoms with Crippen LogP contribution in [0.2, 0.25) is 0 Å². The van der Waals surface area contributed by atoms with E-state index in [-0.39, 0.29) is 11.9 Å². The number of hydrogen-bond acceptors (Lipinski definition) is 3. The number of nitrogens with two attached hydrogens (primary N) is 1. The molecular formula is C15H24N2O2. The molecule has 0 aromatic heterocycles. The molecule has 1 aromatic rings. The fourth-order valence-corrected chi connectivity index (χ4v) is 1.85. The second kappa shape index (κ2) is 7.14. The number of benzene rings is 1. The second-order valence-electron chi connectivity index (χ2n) is 5.01. The molecule has 0 saturated heterocycles. The predicted molar refractivity (Wildman–Crippen MR) is 77.3 cm³/mol. The van der Waals surface area contributed by atoms with E-state index in [0.29, 0.717) is 19.6 Å². The van der Waals surface area contributed by atoms with Gasteiger partial charge >= 0.3 is 0 Å². The number of carbonyl (C=O) groups is 1. The molecule has 0 heterocycles. The minimum absolute atomic E-state index is 0.0577. The van der Waals surface area contributed by atoms with Gasteiger partial charge in [-0.05, 0) is 44.0 Å². The molecule has 0 aliphatic rings. The molecule has 1 amide bonds. The van der Waals surface area contributed by atoms with Crippen molar-refractivity contribution in [3.8, 4) is 5.75 Å². The van der Waals surface area contributed by atoms with E-state index in [1.807, 2.05) is 32.9 Å². The molecule has 1 unspecified atom stereocenters. The third kappa shape index (κ3) is 4.91. The molecule has 4 heteroatoms. The van der Waals surface area contributed by atoms with Gasteiger partial charge in [0.05, 0.1) is 13.0 Å². The van der Waals surface area contributed by atoms with E-state index in [0.717, 1.165) is 16.9 Å². The Morgan fingerprint density at radius 2 is 1.89 bits per heavy atom. The number of amides is 1. The van der Waals surface area contributed by atoms with Gasteiger partial charge in [0.15, 0.2) is 0 Å². The Kier molecular flexibility index (Phi) is 5.83. The first-order valence-electron chi connectivity index (χ1n) is 6.61. The lowest BCUT2D eigenvalue weighted by molar-refractivity contribution is -0.132. The van der Waals surface area contributed by atoms with Crippen LogP contribution in [0.3, 0.4) is 0 Å². The Morgan fingerprint density at radius 3 is 2.42 bits per heavy atom. The first kappa shape index (κ1) is 15.5.